The number of hydrogen-bond acceptors (Lipinski definition) is 5. The zero-order chi connectivity index (χ0) is 21.8. The number of benzene rings is 2. The number of ether oxygens (including phenoxy) is 1. The smallest absolute Gasteiger partial charge is 0.278 e. The Labute approximate surface area is 181 Å². The molecule has 6 nitrogen and oxygen atoms in total. The lowest BCUT2D eigenvalue weighted by Gasteiger charge is -2.21. The summed E-state index contributed by atoms with van der Waals surface area (Å²) in [6, 6.07) is 20.3. The summed E-state index contributed by atoms with van der Waals surface area (Å²) in [5, 5.41) is 0. The summed E-state index contributed by atoms with van der Waals surface area (Å²) in [4.78, 5) is 29.8. The molecule has 6 heteroatoms. The maximum Gasteiger partial charge on any atom is 0.278 e. The van der Waals surface area contributed by atoms with E-state index in [4.69, 9.17) is 9.15 Å². The molecule has 158 valence electrons. The first-order valence-corrected chi connectivity index (χ1v) is 10.2. The molecule has 3 aromatic rings. The number of anilines is 1. The highest BCUT2D eigenvalue weighted by Gasteiger charge is 2.41. The van der Waals surface area contributed by atoms with E-state index in [9.17, 15) is 9.59 Å². The zero-order valence-corrected chi connectivity index (χ0v) is 17.6. The van der Waals surface area contributed by atoms with Crippen molar-refractivity contribution in [2.75, 3.05) is 18.6 Å². The number of furan rings is 1. The molecule has 0 bridgehead atoms. The predicted octanol–water partition coefficient (Wildman–Crippen LogP) is 4.48. The second-order valence-corrected chi connectivity index (χ2v) is 7.27. The van der Waals surface area contributed by atoms with Crippen LogP contribution in [0.1, 0.15) is 24.7 Å². The van der Waals surface area contributed by atoms with Crippen molar-refractivity contribution in [2.45, 2.75) is 19.9 Å². The third kappa shape index (κ3) is 4.10. The van der Waals surface area contributed by atoms with Crippen LogP contribution in [-0.4, -0.2) is 30.4 Å². The van der Waals surface area contributed by atoms with E-state index >= 15 is 0 Å². The summed E-state index contributed by atoms with van der Waals surface area (Å²) in [5.41, 5.74) is 2.19. The van der Waals surface area contributed by atoms with Crippen molar-refractivity contribution in [3.05, 3.63) is 90.0 Å². The largest absolute Gasteiger partial charge is 0.494 e. The van der Waals surface area contributed by atoms with Gasteiger partial charge in [-0.1, -0.05) is 37.3 Å². The molecule has 2 aromatic carbocycles. The molecule has 0 fully saturated rings. The number of imide groups is 1. The Bertz CT molecular complexity index is 1090. The highest BCUT2D eigenvalue weighted by atomic mass is 16.5. The third-order valence-electron chi connectivity index (χ3n) is 5.13. The predicted molar refractivity (Wildman–Crippen MR) is 118 cm³/mol. The van der Waals surface area contributed by atoms with Crippen LogP contribution in [0.15, 0.2) is 83.1 Å². The second-order valence-electron chi connectivity index (χ2n) is 7.27. The molecule has 2 amide bonds. The van der Waals surface area contributed by atoms with Crippen LogP contribution in [0, 0.1) is 0 Å². The Balaban J connectivity index is 1.74. The van der Waals surface area contributed by atoms with Crippen molar-refractivity contribution in [1.82, 2.24) is 4.90 Å². The molecule has 31 heavy (non-hydrogen) atoms. The Morgan fingerprint density at radius 2 is 1.68 bits per heavy atom. The summed E-state index contributed by atoms with van der Waals surface area (Å²) in [5.74, 6) is 0.580. The van der Waals surface area contributed by atoms with E-state index in [0.29, 0.717) is 29.2 Å². The van der Waals surface area contributed by atoms with Gasteiger partial charge in [0.2, 0.25) is 0 Å². The molecule has 0 spiro atoms. The maximum atomic E-state index is 13.4. The van der Waals surface area contributed by atoms with Crippen molar-refractivity contribution < 1.29 is 18.7 Å². The van der Waals surface area contributed by atoms with E-state index in [1.54, 1.807) is 24.1 Å². The first kappa shape index (κ1) is 20.5. The molecule has 0 atom stereocenters. The Morgan fingerprint density at radius 3 is 2.32 bits per heavy atom. The Hall–Kier alpha value is -3.80. The molecule has 0 unspecified atom stereocenters. The normalized spacial score (nSPS) is 13.8. The lowest BCUT2D eigenvalue weighted by Crippen LogP contribution is -2.33. The fourth-order valence-electron chi connectivity index (χ4n) is 3.56. The van der Waals surface area contributed by atoms with Gasteiger partial charge >= 0.3 is 0 Å². The van der Waals surface area contributed by atoms with Gasteiger partial charge in [-0.3, -0.25) is 14.5 Å². The van der Waals surface area contributed by atoms with Crippen LogP contribution in [0.2, 0.25) is 0 Å². The number of likely N-dealkylation sites (N-methyl/N-ethyl adjacent to an activating group) is 1. The monoisotopic (exact) mass is 416 g/mol. The molecular formula is C25H24N2O4. The number of hydrogen-bond donors (Lipinski definition) is 0. The fraction of sp³-hybridized carbons (Fsp3) is 0.200. The van der Waals surface area contributed by atoms with Gasteiger partial charge in [0.25, 0.3) is 11.8 Å². The first-order valence-electron chi connectivity index (χ1n) is 10.2. The van der Waals surface area contributed by atoms with Crippen LogP contribution in [0.5, 0.6) is 5.75 Å². The quantitative estimate of drug-likeness (QED) is 0.507. The van der Waals surface area contributed by atoms with Gasteiger partial charge in [-0.05, 0) is 48.4 Å². The summed E-state index contributed by atoms with van der Waals surface area (Å²) < 4.78 is 11.0. The van der Waals surface area contributed by atoms with Gasteiger partial charge in [-0.2, -0.15) is 0 Å². The zero-order valence-electron chi connectivity index (χ0n) is 17.6. The molecule has 2 heterocycles. The summed E-state index contributed by atoms with van der Waals surface area (Å²) in [7, 11) is 1.80. The van der Waals surface area contributed by atoms with E-state index in [0.717, 1.165) is 17.9 Å². The van der Waals surface area contributed by atoms with E-state index in [-0.39, 0.29) is 18.4 Å². The van der Waals surface area contributed by atoms with Crippen LogP contribution in [-0.2, 0) is 16.1 Å². The molecule has 1 aromatic heterocycles. The number of carbonyl (C=O) groups is 2. The fourth-order valence-corrected chi connectivity index (χ4v) is 3.56. The third-order valence-corrected chi connectivity index (χ3v) is 5.13. The number of para-hydroxylation sites is 1. The molecule has 1 aliphatic heterocycles. The summed E-state index contributed by atoms with van der Waals surface area (Å²) in [6.45, 7) is 2.75. The van der Waals surface area contributed by atoms with Crippen LogP contribution < -0.4 is 9.64 Å². The average Bonchev–Trinajstić information content (AvgIpc) is 3.40. The van der Waals surface area contributed by atoms with E-state index < -0.39 is 0 Å². The molecule has 0 saturated heterocycles. The van der Waals surface area contributed by atoms with Crippen LogP contribution >= 0.6 is 0 Å². The standard InChI is InChI=1S/C25H24N2O4/c1-3-15-30-20-13-11-18(12-14-20)22-23(26(2)19-8-5-4-6-9-19)25(29)27(24(22)28)17-21-10-7-16-31-21/h4-14,16H,3,15,17H2,1-2H3. The minimum Gasteiger partial charge on any atom is -0.494 e. The Morgan fingerprint density at radius 1 is 0.935 bits per heavy atom. The van der Waals surface area contributed by atoms with E-state index in [1.165, 1.54) is 11.2 Å². The maximum absolute atomic E-state index is 13.4. The van der Waals surface area contributed by atoms with Crippen molar-refractivity contribution in [3.8, 4) is 5.75 Å². The Kier molecular flexibility index (Phi) is 5.89. The molecular weight excluding hydrogens is 392 g/mol. The van der Waals surface area contributed by atoms with Crippen molar-refractivity contribution in [2.24, 2.45) is 0 Å². The van der Waals surface area contributed by atoms with Crippen LogP contribution in [0.4, 0.5) is 5.69 Å². The number of rotatable bonds is 8. The van der Waals surface area contributed by atoms with Crippen molar-refractivity contribution >= 4 is 23.1 Å². The van der Waals surface area contributed by atoms with Crippen molar-refractivity contribution in [1.29, 1.82) is 0 Å². The molecule has 0 radical (unpaired) electrons. The van der Waals surface area contributed by atoms with Crippen molar-refractivity contribution in [3.63, 3.8) is 0 Å². The van der Waals surface area contributed by atoms with E-state index in [1.807, 2.05) is 61.5 Å². The lowest BCUT2D eigenvalue weighted by molar-refractivity contribution is -0.137. The van der Waals surface area contributed by atoms with Gasteiger partial charge in [0.15, 0.2) is 0 Å². The molecule has 0 saturated carbocycles. The number of nitrogens with zero attached hydrogens (tertiary/aromatic N) is 2. The van der Waals surface area contributed by atoms with Gasteiger partial charge < -0.3 is 14.1 Å². The highest BCUT2D eigenvalue weighted by molar-refractivity contribution is 6.36. The SMILES string of the molecule is CCCOc1ccc(C2=C(N(C)c3ccccc3)C(=O)N(Cc3ccco3)C2=O)cc1. The summed E-state index contributed by atoms with van der Waals surface area (Å²) >= 11 is 0. The van der Waals surface area contributed by atoms with Crippen LogP contribution in [0.3, 0.4) is 0 Å². The van der Waals surface area contributed by atoms with Gasteiger partial charge in [-0.25, -0.2) is 0 Å². The van der Waals surface area contributed by atoms with Gasteiger partial charge in [0, 0.05) is 12.7 Å². The number of carbonyl (C=O) groups excluding carboxylic acids is 2. The lowest BCUT2D eigenvalue weighted by atomic mass is 10.0. The minimum atomic E-state index is -0.353. The molecule has 1 aliphatic rings. The first-order chi connectivity index (χ1) is 15.1. The topological polar surface area (TPSA) is 63.0 Å². The molecule has 0 aliphatic carbocycles. The number of amides is 2. The average molecular weight is 416 g/mol. The molecule has 4 rings (SSSR count). The highest BCUT2D eigenvalue weighted by Crippen LogP contribution is 2.34. The minimum absolute atomic E-state index is 0.0813. The van der Waals surface area contributed by atoms with Crippen LogP contribution in [0.25, 0.3) is 5.57 Å². The van der Waals surface area contributed by atoms with Gasteiger partial charge in [0.1, 0.15) is 17.2 Å². The van der Waals surface area contributed by atoms with E-state index in [2.05, 4.69) is 0 Å². The summed E-state index contributed by atoms with van der Waals surface area (Å²) in [6.07, 6.45) is 2.44. The van der Waals surface area contributed by atoms with Gasteiger partial charge in [-0.15, -0.1) is 0 Å². The molecule has 0 N–H and O–H groups in total. The second kappa shape index (κ2) is 8.92. The van der Waals surface area contributed by atoms with Gasteiger partial charge in [0.05, 0.1) is 25.0 Å².